The lowest BCUT2D eigenvalue weighted by atomic mass is 10.3. The molecule has 1 N–H and O–H groups in total. The number of carbonyl (C=O) groups is 1. The predicted octanol–water partition coefficient (Wildman–Crippen LogP) is -0.251. The van der Waals surface area contributed by atoms with Gasteiger partial charge in [-0.2, -0.15) is 0 Å². The Hall–Kier alpha value is -1.89. The Morgan fingerprint density at radius 1 is 1.32 bits per heavy atom. The SMILES string of the molecule is CN1CCN(c2cnc(N(C)CC(=O)O)cn2)CC1. The van der Waals surface area contributed by atoms with Gasteiger partial charge in [0, 0.05) is 33.2 Å². The molecule has 7 heteroatoms. The first-order chi connectivity index (χ1) is 9.06. The van der Waals surface area contributed by atoms with Crippen molar-refractivity contribution < 1.29 is 9.90 Å². The Morgan fingerprint density at radius 2 is 2.00 bits per heavy atom. The van der Waals surface area contributed by atoms with Crippen LogP contribution < -0.4 is 9.80 Å². The molecular formula is C12H19N5O2. The fourth-order valence-electron chi connectivity index (χ4n) is 1.99. The molecule has 1 fully saturated rings. The van der Waals surface area contributed by atoms with E-state index in [0.29, 0.717) is 5.82 Å². The van der Waals surface area contributed by atoms with Crippen LogP contribution in [0.4, 0.5) is 11.6 Å². The molecule has 2 rings (SSSR count). The summed E-state index contributed by atoms with van der Waals surface area (Å²) in [6, 6.07) is 0. The van der Waals surface area contributed by atoms with Gasteiger partial charge < -0.3 is 19.8 Å². The Morgan fingerprint density at radius 3 is 2.53 bits per heavy atom. The van der Waals surface area contributed by atoms with Crippen molar-refractivity contribution in [1.29, 1.82) is 0 Å². The van der Waals surface area contributed by atoms with Crippen LogP contribution in [0.25, 0.3) is 0 Å². The molecule has 0 aliphatic carbocycles. The van der Waals surface area contributed by atoms with Crippen LogP contribution in [0.2, 0.25) is 0 Å². The number of nitrogens with zero attached hydrogens (tertiary/aromatic N) is 5. The van der Waals surface area contributed by atoms with Gasteiger partial charge in [0.05, 0.1) is 12.4 Å². The summed E-state index contributed by atoms with van der Waals surface area (Å²) in [5.74, 6) is 0.535. The number of aliphatic carboxylic acids is 1. The first-order valence-electron chi connectivity index (χ1n) is 6.25. The third-order valence-electron chi connectivity index (χ3n) is 3.22. The minimum Gasteiger partial charge on any atom is -0.480 e. The van der Waals surface area contributed by atoms with E-state index in [1.807, 2.05) is 0 Å². The van der Waals surface area contributed by atoms with Crippen molar-refractivity contribution in [3.63, 3.8) is 0 Å². The number of likely N-dealkylation sites (N-methyl/N-ethyl adjacent to an activating group) is 2. The monoisotopic (exact) mass is 265 g/mol. The minimum absolute atomic E-state index is 0.0808. The molecule has 0 amide bonds. The van der Waals surface area contributed by atoms with Crippen molar-refractivity contribution in [3.05, 3.63) is 12.4 Å². The fraction of sp³-hybridized carbons (Fsp3) is 0.583. The zero-order valence-corrected chi connectivity index (χ0v) is 11.3. The number of hydrogen-bond acceptors (Lipinski definition) is 6. The van der Waals surface area contributed by atoms with E-state index >= 15 is 0 Å². The number of anilines is 2. The molecule has 0 aromatic carbocycles. The van der Waals surface area contributed by atoms with E-state index in [9.17, 15) is 4.79 Å². The van der Waals surface area contributed by atoms with Crippen LogP contribution in [-0.4, -0.2) is 72.8 Å². The lowest BCUT2D eigenvalue weighted by Gasteiger charge is -2.33. The summed E-state index contributed by atoms with van der Waals surface area (Å²) in [4.78, 5) is 25.3. The van der Waals surface area contributed by atoms with Crippen LogP contribution in [0.3, 0.4) is 0 Å². The number of carboxylic acids is 1. The van der Waals surface area contributed by atoms with Gasteiger partial charge in [-0.1, -0.05) is 0 Å². The maximum absolute atomic E-state index is 10.6. The van der Waals surface area contributed by atoms with Gasteiger partial charge in [-0.25, -0.2) is 9.97 Å². The summed E-state index contributed by atoms with van der Waals surface area (Å²) in [6.07, 6.45) is 3.33. The summed E-state index contributed by atoms with van der Waals surface area (Å²) in [5, 5.41) is 8.73. The van der Waals surface area contributed by atoms with E-state index < -0.39 is 5.97 Å². The van der Waals surface area contributed by atoms with Crippen LogP contribution >= 0.6 is 0 Å². The smallest absolute Gasteiger partial charge is 0.323 e. The maximum Gasteiger partial charge on any atom is 0.323 e. The van der Waals surface area contributed by atoms with Crippen molar-refractivity contribution in [2.75, 3.05) is 56.6 Å². The zero-order valence-electron chi connectivity index (χ0n) is 11.3. The summed E-state index contributed by atoms with van der Waals surface area (Å²) < 4.78 is 0. The molecule has 0 unspecified atom stereocenters. The van der Waals surface area contributed by atoms with E-state index in [4.69, 9.17) is 5.11 Å². The van der Waals surface area contributed by atoms with Gasteiger partial charge in [0.2, 0.25) is 0 Å². The second kappa shape index (κ2) is 5.83. The van der Waals surface area contributed by atoms with Crippen molar-refractivity contribution in [1.82, 2.24) is 14.9 Å². The van der Waals surface area contributed by atoms with Gasteiger partial charge >= 0.3 is 5.97 Å². The highest BCUT2D eigenvalue weighted by atomic mass is 16.4. The molecule has 2 heterocycles. The molecular weight excluding hydrogens is 246 g/mol. The van der Waals surface area contributed by atoms with Gasteiger partial charge in [-0.3, -0.25) is 4.79 Å². The van der Waals surface area contributed by atoms with Crippen LogP contribution in [0.5, 0.6) is 0 Å². The standard InChI is InChI=1S/C12H19N5O2/c1-15-3-5-17(6-4-15)11-8-13-10(7-14-11)16(2)9-12(18)19/h7-8H,3-6,9H2,1-2H3,(H,18,19). The van der Waals surface area contributed by atoms with Gasteiger partial charge in [0.1, 0.15) is 18.2 Å². The summed E-state index contributed by atoms with van der Waals surface area (Å²) in [6.45, 7) is 3.83. The van der Waals surface area contributed by atoms with E-state index in [1.165, 1.54) is 0 Å². The third-order valence-corrected chi connectivity index (χ3v) is 3.22. The van der Waals surface area contributed by atoms with E-state index in [-0.39, 0.29) is 6.54 Å². The lowest BCUT2D eigenvalue weighted by molar-refractivity contribution is -0.135. The van der Waals surface area contributed by atoms with Crippen LogP contribution in [0.15, 0.2) is 12.4 Å². The maximum atomic E-state index is 10.6. The van der Waals surface area contributed by atoms with Gasteiger partial charge in [-0.15, -0.1) is 0 Å². The average molecular weight is 265 g/mol. The van der Waals surface area contributed by atoms with Crippen molar-refractivity contribution >= 4 is 17.6 Å². The molecule has 0 spiro atoms. The van der Waals surface area contributed by atoms with Crippen molar-refractivity contribution in [2.24, 2.45) is 0 Å². The van der Waals surface area contributed by atoms with Crippen LogP contribution in [-0.2, 0) is 4.79 Å². The highest BCUT2D eigenvalue weighted by Gasteiger charge is 2.16. The normalized spacial score (nSPS) is 16.4. The summed E-state index contributed by atoms with van der Waals surface area (Å²) >= 11 is 0. The van der Waals surface area contributed by atoms with Gasteiger partial charge in [-0.05, 0) is 7.05 Å². The Kier molecular flexibility index (Phi) is 4.16. The lowest BCUT2D eigenvalue weighted by Crippen LogP contribution is -2.44. The quantitative estimate of drug-likeness (QED) is 0.804. The fourth-order valence-corrected chi connectivity index (χ4v) is 1.99. The molecule has 1 aromatic rings. The third kappa shape index (κ3) is 3.54. The van der Waals surface area contributed by atoms with E-state index in [0.717, 1.165) is 32.0 Å². The average Bonchev–Trinajstić information content (AvgIpc) is 2.39. The van der Waals surface area contributed by atoms with E-state index in [2.05, 4.69) is 26.8 Å². The molecule has 104 valence electrons. The van der Waals surface area contributed by atoms with Gasteiger partial charge in [0.25, 0.3) is 0 Å². The molecule has 0 bridgehead atoms. The number of carboxylic acid groups (broad SMARTS) is 1. The van der Waals surface area contributed by atoms with Crippen molar-refractivity contribution in [3.8, 4) is 0 Å². The number of aromatic nitrogens is 2. The number of piperazine rings is 1. The highest BCUT2D eigenvalue weighted by Crippen LogP contribution is 2.14. The predicted molar refractivity (Wildman–Crippen MR) is 72.6 cm³/mol. The first kappa shape index (κ1) is 13.5. The van der Waals surface area contributed by atoms with Crippen LogP contribution in [0, 0.1) is 0 Å². The highest BCUT2D eigenvalue weighted by molar-refractivity contribution is 5.72. The second-order valence-corrected chi connectivity index (χ2v) is 4.77. The zero-order chi connectivity index (χ0) is 13.8. The number of rotatable bonds is 4. The van der Waals surface area contributed by atoms with Crippen molar-refractivity contribution in [2.45, 2.75) is 0 Å². The Bertz CT molecular complexity index is 428. The second-order valence-electron chi connectivity index (χ2n) is 4.77. The number of hydrogen-bond donors (Lipinski definition) is 1. The molecule has 0 radical (unpaired) electrons. The van der Waals surface area contributed by atoms with Gasteiger partial charge in [0.15, 0.2) is 0 Å². The van der Waals surface area contributed by atoms with E-state index in [1.54, 1.807) is 24.3 Å². The largest absolute Gasteiger partial charge is 0.480 e. The molecule has 19 heavy (non-hydrogen) atoms. The summed E-state index contributed by atoms with van der Waals surface area (Å²) in [5.41, 5.74) is 0. The molecule has 0 saturated carbocycles. The topological polar surface area (TPSA) is 72.8 Å². The molecule has 1 aliphatic rings. The molecule has 0 atom stereocenters. The molecule has 1 aromatic heterocycles. The Labute approximate surface area is 112 Å². The molecule has 7 nitrogen and oxygen atoms in total. The summed E-state index contributed by atoms with van der Waals surface area (Å²) in [7, 11) is 3.79. The minimum atomic E-state index is -0.882. The first-order valence-corrected chi connectivity index (χ1v) is 6.25. The molecule has 1 aliphatic heterocycles. The Balaban J connectivity index is 2.00. The van der Waals surface area contributed by atoms with Crippen LogP contribution in [0.1, 0.15) is 0 Å². The molecule has 1 saturated heterocycles.